The summed E-state index contributed by atoms with van der Waals surface area (Å²) < 4.78 is 13.1. The van der Waals surface area contributed by atoms with Crippen molar-refractivity contribution in [1.82, 2.24) is 4.90 Å². The van der Waals surface area contributed by atoms with Gasteiger partial charge in [-0.2, -0.15) is 0 Å². The molecule has 0 unspecified atom stereocenters. The van der Waals surface area contributed by atoms with Gasteiger partial charge in [0.15, 0.2) is 0 Å². The number of likely N-dealkylation sites (N-methyl/N-ethyl adjacent to an activating group) is 1. The predicted molar refractivity (Wildman–Crippen MR) is 74.9 cm³/mol. The third-order valence-corrected chi connectivity index (χ3v) is 3.15. The van der Waals surface area contributed by atoms with Crippen molar-refractivity contribution in [3.63, 3.8) is 0 Å². The Morgan fingerprint density at radius 2 is 2.05 bits per heavy atom. The van der Waals surface area contributed by atoms with Crippen molar-refractivity contribution in [2.75, 3.05) is 6.54 Å². The molecule has 0 spiro atoms. The highest BCUT2D eigenvalue weighted by Gasteiger charge is 2.30. The zero-order chi connectivity index (χ0) is 14.6. The Kier molecular flexibility index (Phi) is 5.06. The minimum absolute atomic E-state index is 0.0979. The van der Waals surface area contributed by atoms with Crippen LogP contribution in [0.1, 0.15) is 33.3 Å². The largest absolute Gasteiger partial charge is 0.337 e. The van der Waals surface area contributed by atoms with E-state index in [0.29, 0.717) is 13.1 Å². The maximum Gasteiger partial charge on any atom is 0.240 e. The molecule has 19 heavy (non-hydrogen) atoms. The quantitative estimate of drug-likeness (QED) is 0.910. The summed E-state index contributed by atoms with van der Waals surface area (Å²) >= 11 is 0. The molecule has 0 saturated heterocycles. The zero-order valence-corrected chi connectivity index (χ0v) is 12.1. The van der Waals surface area contributed by atoms with Crippen molar-refractivity contribution in [2.45, 2.75) is 40.3 Å². The van der Waals surface area contributed by atoms with E-state index in [2.05, 4.69) is 0 Å². The van der Waals surface area contributed by atoms with Gasteiger partial charge < -0.3 is 10.6 Å². The molecule has 4 heteroatoms. The van der Waals surface area contributed by atoms with Crippen molar-refractivity contribution < 1.29 is 9.18 Å². The number of rotatable bonds is 4. The fourth-order valence-electron chi connectivity index (χ4n) is 1.77. The molecule has 1 aromatic rings. The van der Waals surface area contributed by atoms with E-state index in [1.54, 1.807) is 11.0 Å². The Hall–Kier alpha value is -1.42. The molecular weight excluding hydrogens is 243 g/mol. The molecule has 0 fully saturated rings. The van der Waals surface area contributed by atoms with Crippen molar-refractivity contribution >= 4 is 5.91 Å². The van der Waals surface area contributed by atoms with Gasteiger partial charge in [0.1, 0.15) is 5.82 Å². The molecule has 106 valence electrons. The third-order valence-electron chi connectivity index (χ3n) is 3.15. The number of halogens is 1. The number of nitrogens with two attached hydrogens (primary N) is 1. The van der Waals surface area contributed by atoms with Gasteiger partial charge in [0.2, 0.25) is 5.91 Å². The molecule has 1 rings (SSSR count). The van der Waals surface area contributed by atoms with E-state index in [4.69, 9.17) is 5.73 Å². The van der Waals surface area contributed by atoms with E-state index in [-0.39, 0.29) is 17.1 Å². The molecule has 3 nitrogen and oxygen atoms in total. The van der Waals surface area contributed by atoms with E-state index in [9.17, 15) is 9.18 Å². The molecule has 1 atom stereocenters. The average molecular weight is 266 g/mol. The van der Waals surface area contributed by atoms with Crippen LogP contribution >= 0.6 is 0 Å². The number of benzene rings is 1. The highest BCUT2D eigenvalue weighted by Crippen LogP contribution is 2.20. The van der Waals surface area contributed by atoms with Gasteiger partial charge in [0.25, 0.3) is 0 Å². The molecular formula is C15H23FN2O. The monoisotopic (exact) mass is 266 g/mol. The van der Waals surface area contributed by atoms with Gasteiger partial charge in [-0.05, 0) is 30.0 Å². The zero-order valence-electron chi connectivity index (χ0n) is 12.1. The first kappa shape index (κ1) is 15.6. The van der Waals surface area contributed by atoms with Crippen LogP contribution in [0.2, 0.25) is 0 Å². The number of carbonyl (C=O) groups excluding carboxylic acids is 1. The summed E-state index contributed by atoms with van der Waals surface area (Å²) in [5, 5.41) is 0. The Labute approximate surface area is 114 Å². The Balaban J connectivity index is 2.81. The van der Waals surface area contributed by atoms with Gasteiger partial charge in [-0.25, -0.2) is 4.39 Å². The molecule has 0 bridgehead atoms. The summed E-state index contributed by atoms with van der Waals surface area (Å²) in [7, 11) is 0. The lowest BCUT2D eigenvalue weighted by molar-refractivity contribution is -0.135. The van der Waals surface area contributed by atoms with E-state index >= 15 is 0 Å². The number of nitrogens with zero attached hydrogens (tertiary/aromatic N) is 1. The number of amides is 1. The van der Waals surface area contributed by atoms with Crippen LogP contribution in [0.4, 0.5) is 4.39 Å². The van der Waals surface area contributed by atoms with Crippen LogP contribution in [-0.2, 0) is 11.3 Å². The SMILES string of the molecule is CCN(Cc1cccc(F)c1)C(=O)[C@H](N)C(C)(C)C. The van der Waals surface area contributed by atoms with Gasteiger partial charge in [-0.3, -0.25) is 4.79 Å². The average Bonchev–Trinajstić information content (AvgIpc) is 2.33. The van der Waals surface area contributed by atoms with Gasteiger partial charge in [-0.15, -0.1) is 0 Å². The van der Waals surface area contributed by atoms with E-state index < -0.39 is 6.04 Å². The Morgan fingerprint density at radius 1 is 1.42 bits per heavy atom. The van der Waals surface area contributed by atoms with Gasteiger partial charge in [-0.1, -0.05) is 32.9 Å². The number of carbonyl (C=O) groups is 1. The number of hydrogen-bond acceptors (Lipinski definition) is 2. The summed E-state index contributed by atoms with van der Waals surface area (Å²) in [4.78, 5) is 14.0. The fraction of sp³-hybridized carbons (Fsp3) is 0.533. The molecule has 0 saturated carbocycles. The fourth-order valence-corrected chi connectivity index (χ4v) is 1.77. The number of hydrogen-bond donors (Lipinski definition) is 1. The van der Waals surface area contributed by atoms with Crippen LogP contribution in [-0.4, -0.2) is 23.4 Å². The first-order valence-corrected chi connectivity index (χ1v) is 6.54. The molecule has 0 aliphatic carbocycles. The van der Waals surface area contributed by atoms with Crippen LogP contribution in [0.25, 0.3) is 0 Å². The molecule has 1 amide bonds. The summed E-state index contributed by atoms with van der Waals surface area (Å²) in [5.74, 6) is -0.389. The molecule has 0 aromatic heterocycles. The van der Waals surface area contributed by atoms with Crippen LogP contribution in [0, 0.1) is 11.2 Å². The van der Waals surface area contributed by atoms with Crippen molar-refractivity contribution in [1.29, 1.82) is 0 Å². The minimum Gasteiger partial charge on any atom is -0.337 e. The third kappa shape index (κ3) is 4.31. The van der Waals surface area contributed by atoms with E-state index in [1.807, 2.05) is 33.8 Å². The van der Waals surface area contributed by atoms with Crippen molar-refractivity contribution in [3.8, 4) is 0 Å². The van der Waals surface area contributed by atoms with Gasteiger partial charge in [0.05, 0.1) is 6.04 Å². The Bertz CT molecular complexity index is 440. The lowest BCUT2D eigenvalue weighted by atomic mass is 9.86. The molecule has 0 aliphatic rings. The minimum atomic E-state index is -0.555. The normalized spacial score (nSPS) is 13.2. The smallest absolute Gasteiger partial charge is 0.240 e. The second-order valence-corrected chi connectivity index (χ2v) is 5.83. The molecule has 0 radical (unpaired) electrons. The van der Waals surface area contributed by atoms with Crippen molar-refractivity contribution in [3.05, 3.63) is 35.6 Å². The van der Waals surface area contributed by atoms with Crippen LogP contribution < -0.4 is 5.73 Å². The second-order valence-electron chi connectivity index (χ2n) is 5.83. The Morgan fingerprint density at radius 3 is 2.53 bits per heavy atom. The second kappa shape index (κ2) is 6.15. The highest BCUT2D eigenvalue weighted by atomic mass is 19.1. The lowest BCUT2D eigenvalue weighted by Gasteiger charge is -2.31. The van der Waals surface area contributed by atoms with Crippen LogP contribution in [0.3, 0.4) is 0 Å². The highest BCUT2D eigenvalue weighted by molar-refractivity contribution is 5.82. The van der Waals surface area contributed by atoms with Gasteiger partial charge >= 0.3 is 0 Å². The molecule has 0 heterocycles. The first-order valence-electron chi connectivity index (χ1n) is 6.54. The van der Waals surface area contributed by atoms with Gasteiger partial charge in [0, 0.05) is 13.1 Å². The first-order chi connectivity index (χ1) is 8.75. The topological polar surface area (TPSA) is 46.3 Å². The molecule has 0 aliphatic heterocycles. The van der Waals surface area contributed by atoms with Crippen LogP contribution in [0.5, 0.6) is 0 Å². The molecule has 1 aromatic carbocycles. The van der Waals surface area contributed by atoms with Crippen LogP contribution in [0.15, 0.2) is 24.3 Å². The summed E-state index contributed by atoms with van der Waals surface area (Å²) in [6.45, 7) is 8.64. The maximum atomic E-state index is 13.1. The summed E-state index contributed by atoms with van der Waals surface area (Å²) in [5.41, 5.74) is 6.48. The van der Waals surface area contributed by atoms with E-state index in [0.717, 1.165) is 5.56 Å². The van der Waals surface area contributed by atoms with E-state index in [1.165, 1.54) is 12.1 Å². The predicted octanol–water partition coefficient (Wildman–Crippen LogP) is 2.55. The summed E-state index contributed by atoms with van der Waals surface area (Å²) in [6.07, 6.45) is 0. The lowest BCUT2D eigenvalue weighted by Crippen LogP contribution is -2.50. The molecule has 2 N–H and O–H groups in total. The summed E-state index contributed by atoms with van der Waals surface area (Å²) in [6, 6.07) is 5.73. The van der Waals surface area contributed by atoms with Crippen molar-refractivity contribution in [2.24, 2.45) is 11.1 Å². The maximum absolute atomic E-state index is 13.1. The standard InChI is InChI=1S/C15H23FN2O/c1-5-18(14(19)13(17)15(2,3)4)10-11-7-6-8-12(16)9-11/h6-9,13H,5,10,17H2,1-4H3/t13-/m0/s1.